The van der Waals surface area contributed by atoms with Crippen molar-refractivity contribution in [2.45, 2.75) is 32.9 Å². The Hall–Kier alpha value is -3.31. The van der Waals surface area contributed by atoms with E-state index in [1.165, 1.54) is 0 Å². The number of nitrogens with one attached hydrogen (secondary N) is 1. The zero-order chi connectivity index (χ0) is 23.8. The number of likely N-dealkylation sites (N-methyl/N-ethyl adjacent to an activating group) is 1. The van der Waals surface area contributed by atoms with Gasteiger partial charge in [0.15, 0.2) is 6.61 Å². The summed E-state index contributed by atoms with van der Waals surface area (Å²) in [6, 6.07) is 22.1. The molecule has 3 aromatic carbocycles. The molecular formula is C27H29ClN2O3. The number of aryl methyl sites for hydroxylation is 2. The first kappa shape index (κ1) is 24.3. The van der Waals surface area contributed by atoms with Crippen molar-refractivity contribution in [2.75, 3.05) is 13.7 Å². The van der Waals surface area contributed by atoms with E-state index in [2.05, 4.69) is 5.32 Å². The number of ether oxygens (including phenoxy) is 1. The minimum absolute atomic E-state index is 0.167. The Morgan fingerprint density at radius 1 is 0.970 bits per heavy atom. The second-order valence-electron chi connectivity index (χ2n) is 8.03. The molecule has 0 aliphatic carbocycles. The maximum atomic E-state index is 13.4. The Morgan fingerprint density at radius 3 is 2.30 bits per heavy atom. The molecule has 0 fully saturated rings. The SMILES string of the molecule is CNC(=O)[C@@H](Cc1ccccc1)N(Cc1ccc(Cl)cc1)C(=O)COc1ccc(C)cc1C. The van der Waals surface area contributed by atoms with E-state index < -0.39 is 6.04 Å². The molecule has 5 nitrogen and oxygen atoms in total. The highest BCUT2D eigenvalue weighted by molar-refractivity contribution is 6.30. The van der Waals surface area contributed by atoms with Crippen LogP contribution in [-0.4, -0.2) is 36.4 Å². The summed E-state index contributed by atoms with van der Waals surface area (Å²) in [5.74, 6) is 0.155. The lowest BCUT2D eigenvalue weighted by molar-refractivity contribution is -0.142. The van der Waals surface area contributed by atoms with E-state index >= 15 is 0 Å². The molecule has 0 radical (unpaired) electrons. The van der Waals surface area contributed by atoms with Crippen molar-refractivity contribution in [3.05, 3.63) is 100 Å². The molecule has 33 heavy (non-hydrogen) atoms. The third-order valence-corrected chi connectivity index (χ3v) is 5.72. The van der Waals surface area contributed by atoms with Crippen molar-refractivity contribution in [3.63, 3.8) is 0 Å². The van der Waals surface area contributed by atoms with E-state index in [1.54, 1.807) is 24.1 Å². The molecule has 0 aliphatic heterocycles. The van der Waals surface area contributed by atoms with E-state index in [1.807, 2.05) is 74.5 Å². The maximum absolute atomic E-state index is 13.4. The molecule has 0 saturated carbocycles. The highest BCUT2D eigenvalue weighted by atomic mass is 35.5. The Labute approximate surface area is 200 Å². The molecule has 172 valence electrons. The van der Waals surface area contributed by atoms with Gasteiger partial charge in [-0.15, -0.1) is 0 Å². The summed E-state index contributed by atoms with van der Waals surface area (Å²) in [5, 5.41) is 3.32. The van der Waals surface area contributed by atoms with Gasteiger partial charge in [0, 0.05) is 25.0 Å². The summed E-state index contributed by atoms with van der Waals surface area (Å²) in [5.41, 5.74) is 3.92. The van der Waals surface area contributed by atoms with Crippen LogP contribution in [0.4, 0.5) is 0 Å². The van der Waals surface area contributed by atoms with Gasteiger partial charge >= 0.3 is 0 Å². The molecule has 6 heteroatoms. The number of rotatable bonds is 9. The van der Waals surface area contributed by atoms with Crippen molar-refractivity contribution in [3.8, 4) is 5.75 Å². The minimum atomic E-state index is -0.691. The number of carbonyl (C=O) groups is 2. The van der Waals surface area contributed by atoms with Gasteiger partial charge in [0.05, 0.1) is 0 Å². The Morgan fingerprint density at radius 2 is 1.67 bits per heavy atom. The molecule has 0 saturated heterocycles. The zero-order valence-electron chi connectivity index (χ0n) is 19.2. The molecule has 0 bridgehead atoms. The van der Waals surface area contributed by atoms with E-state index in [9.17, 15) is 9.59 Å². The molecule has 3 rings (SSSR count). The first-order valence-corrected chi connectivity index (χ1v) is 11.2. The molecule has 0 heterocycles. The highest BCUT2D eigenvalue weighted by Crippen LogP contribution is 2.20. The van der Waals surface area contributed by atoms with Gasteiger partial charge < -0.3 is 15.0 Å². The highest BCUT2D eigenvalue weighted by Gasteiger charge is 2.30. The number of hydrogen-bond donors (Lipinski definition) is 1. The number of halogens is 1. The molecule has 0 unspecified atom stereocenters. The largest absolute Gasteiger partial charge is 0.483 e. The second kappa shape index (κ2) is 11.5. The fraction of sp³-hybridized carbons (Fsp3) is 0.259. The fourth-order valence-electron chi connectivity index (χ4n) is 3.69. The van der Waals surface area contributed by atoms with Crippen molar-refractivity contribution >= 4 is 23.4 Å². The average Bonchev–Trinajstić information content (AvgIpc) is 2.82. The van der Waals surface area contributed by atoms with E-state index in [0.29, 0.717) is 17.2 Å². The topological polar surface area (TPSA) is 58.6 Å². The van der Waals surface area contributed by atoms with Gasteiger partial charge in [-0.3, -0.25) is 9.59 Å². The van der Waals surface area contributed by atoms with Gasteiger partial charge in [-0.1, -0.05) is 71.8 Å². The lowest BCUT2D eigenvalue weighted by atomic mass is 10.0. The van der Waals surface area contributed by atoms with Crippen molar-refractivity contribution in [2.24, 2.45) is 0 Å². The van der Waals surface area contributed by atoms with E-state index in [0.717, 1.165) is 22.3 Å². The molecular weight excluding hydrogens is 436 g/mol. The summed E-state index contributed by atoms with van der Waals surface area (Å²) in [7, 11) is 1.58. The minimum Gasteiger partial charge on any atom is -0.483 e. The number of amides is 2. The molecule has 2 amide bonds. The lowest BCUT2D eigenvalue weighted by Crippen LogP contribution is -2.51. The van der Waals surface area contributed by atoms with Crippen LogP contribution in [0.2, 0.25) is 5.02 Å². The van der Waals surface area contributed by atoms with Crippen molar-refractivity contribution in [1.29, 1.82) is 0 Å². The van der Waals surface area contributed by atoms with Gasteiger partial charge in [-0.05, 0) is 48.7 Å². The summed E-state index contributed by atoms with van der Waals surface area (Å²) in [4.78, 5) is 27.9. The van der Waals surface area contributed by atoms with Gasteiger partial charge in [0.2, 0.25) is 5.91 Å². The quantitative estimate of drug-likeness (QED) is 0.498. The van der Waals surface area contributed by atoms with Crippen LogP contribution in [0.25, 0.3) is 0 Å². The van der Waals surface area contributed by atoms with Gasteiger partial charge in [0.1, 0.15) is 11.8 Å². The Bertz CT molecular complexity index is 1080. The Kier molecular flexibility index (Phi) is 8.50. The number of carbonyl (C=O) groups excluding carboxylic acids is 2. The normalized spacial score (nSPS) is 11.5. The van der Waals surface area contributed by atoms with Crippen molar-refractivity contribution < 1.29 is 14.3 Å². The maximum Gasteiger partial charge on any atom is 0.261 e. The number of hydrogen-bond acceptors (Lipinski definition) is 3. The van der Waals surface area contributed by atoms with Gasteiger partial charge in [-0.2, -0.15) is 0 Å². The summed E-state index contributed by atoms with van der Waals surface area (Å²) in [6.07, 6.45) is 0.392. The van der Waals surface area contributed by atoms with Crippen molar-refractivity contribution in [1.82, 2.24) is 10.2 Å². The third-order valence-electron chi connectivity index (χ3n) is 5.47. The van der Waals surface area contributed by atoms with E-state index in [-0.39, 0.29) is 25.0 Å². The van der Waals surface area contributed by atoms with E-state index in [4.69, 9.17) is 16.3 Å². The molecule has 0 aromatic heterocycles. The molecule has 0 spiro atoms. The average molecular weight is 465 g/mol. The second-order valence-corrected chi connectivity index (χ2v) is 8.46. The molecule has 0 aliphatic rings. The van der Waals surface area contributed by atoms with Gasteiger partial charge in [0.25, 0.3) is 5.91 Å². The first-order valence-electron chi connectivity index (χ1n) is 10.9. The van der Waals surface area contributed by atoms with Crippen LogP contribution >= 0.6 is 11.6 Å². The number of nitrogens with zero attached hydrogens (tertiary/aromatic N) is 1. The predicted octanol–water partition coefficient (Wildman–Crippen LogP) is 4.72. The van der Waals surface area contributed by atoms with Crippen LogP contribution in [0.3, 0.4) is 0 Å². The van der Waals surface area contributed by atoms with Crippen LogP contribution in [0.1, 0.15) is 22.3 Å². The molecule has 1 atom stereocenters. The number of benzene rings is 3. The summed E-state index contributed by atoms with van der Waals surface area (Å²) < 4.78 is 5.86. The van der Waals surface area contributed by atoms with Gasteiger partial charge in [-0.25, -0.2) is 0 Å². The fourth-order valence-corrected chi connectivity index (χ4v) is 3.82. The predicted molar refractivity (Wildman–Crippen MR) is 131 cm³/mol. The summed E-state index contributed by atoms with van der Waals surface area (Å²) in [6.45, 7) is 4.05. The first-order chi connectivity index (χ1) is 15.9. The van der Waals surface area contributed by atoms with Crippen LogP contribution in [0.5, 0.6) is 5.75 Å². The zero-order valence-corrected chi connectivity index (χ0v) is 19.9. The summed E-state index contributed by atoms with van der Waals surface area (Å²) >= 11 is 6.03. The lowest BCUT2D eigenvalue weighted by Gasteiger charge is -2.31. The monoisotopic (exact) mass is 464 g/mol. The Balaban J connectivity index is 1.87. The van der Waals surface area contributed by atoms with Crippen LogP contribution in [0, 0.1) is 13.8 Å². The standard InChI is InChI=1S/C27H29ClN2O3/c1-19-9-14-25(20(2)15-19)33-18-26(31)30(17-22-10-12-23(28)13-11-22)24(27(32)29-3)16-21-7-5-4-6-8-21/h4-15,24H,16-18H2,1-3H3,(H,29,32)/t24-/m1/s1. The molecule has 1 N–H and O–H groups in total. The van der Waals surface area contributed by atoms with Crippen LogP contribution in [0.15, 0.2) is 72.8 Å². The van der Waals surface area contributed by atoms with Crippen LogP contribution in [-0.2, 0) is 22.6 Å². The third kappa shape index (κ3) is 6.83. The smallest absolute Gasteiger partial charge is 0.261 e. The van der Waals surface area contributed by atoms with Crippen LogP contribution < -0.4 is 10.1 Å². The molecule has 3 aromatic rings.